The first-order chi connectivity index (χ1) is 11.2. The number of amides is 1. The highest BCUT2D eigenvalue weighted by Gasteiger charge is 2.19. The summed E-state index contributed by atoms with van der Waals surface area (Å²) in [6.07, 6.45) is 7.35. The Kier molecular flexibility index (Phi) is 4.52. The molecule has 6 heteroatoms. The number of aryl methyl sites for hydroxylation is 2. The Morgan fingerprint density at radius 3 is 2.83 bits per heavy atom. The van der Waals surface area contributed by atoms with E-state index in [0.717, 1.165) is 28.4 Å². The smallest absolute Gasteiger partial charge is 0.276 e. The molecule has 0 atom stereocenters. The highest BCUT2D eigenvalue weighted by Crippen LogP contribution is 2.24. The summed E-state index contributed by atoms with van der Waals surface area (Å²) in [6, 6.07) is 7.62. The molecule has 0 bridgehead atoms. The van der Waals surface area contributed by atoms with Crippen LogP contribution in [0.15, 0.2) is 42.9 Å². The minimum atomic E-state index is -0.207. The van der Waals surface area contributed by atoms with Gasteiger partial charge in [-0.2, -0.15) is 0 Å². The molecule has 0 fully saturated rings. The van der Waals surface area contributed by atoms with Crippen molar-refractivity contribution in [3.05, 3.63) is 59.0 Å². The summed E-state index contributed by atoms with van der Waals surface area (Å²) in [6.45, 7) is 4.06. The Labute approximate surface area is 139 Å². The van der Waals surface area contributed by atoms with Crippen LogP contribution in [0.4, 0.5) is 5.82 Å². The second-order valence-electron chi connectivity index (χ2n) is 5.28. The normalized spacial score (nSPS) is 10.7. The van der Waals surface area contributed by atoms with Gasteiger partial charge >= 0.3 is 0 Å². The molecular weight excluding hydrogens is 308 g/mol. The topological polar surface area (TPSA) is 59.8 Å². The average Bonchev–Trinajstić information content (AvgIpc) is 3.16. The number of carbonyl (C=O) groups excluding carboxylic acids is 1. The number of nitrogens with one attached hydrogen (secondary N) is 1. The highest BCUT2D eigenvalue weighted by atomic mass is 32.1. The lowest BCUT2D eigenvalue weighted by Crippen LogP contribution is -2.15. The number of pyridine rings is 1. The Hall–Kier alpha value is -2.47. The Bertz CT molecular complexity index is 808. The summed E-state index contributed by atoms with van der Waals surface area (Å²) in [4.78, 5) is 22.3. The molecule has 3 heterocycles. The van der Waals surface area contributed by atoms with Crippen molar-refractivity contribution in [3.8, 4) is 5.13 Å². The van der Waals surface area contributed by atoms with E-state index in [1.807, 2.05) is 48.1 Å². The maximum Gasteiger partial charge on any atom is 0.276 e. The summed E-state index contributed by atoms with van der Waals surface area (Å²) < 4.78 is 1.92. The van der Waals surface area contributed by atoms with Crippen LogP contribution < -0.4 is 5.32 Å². The lowest BCUT2D eigenvalue weighted by molar-refractivity contribution is 0.102. The van der Waals surface area contributed by atoms with Gasteiger partial charge in [-0.05, 0) is 43.2 Å². The van der Waals surface area contributed by atoms with E-state index in [4.69, 9.17) is 0 Å². The van der Waals surface area contributed by atoms with Crippen molar-refractivity contribution in [2.75, 3.05) is 5.32 Å². The van der Waals surface area contributed by atoms with E-state index in [1.165, 1.54) is 0 Å². The van der Waals surface area contributed by atoms with Crippen LogP contribution in [0.5, 0.6) is 0 Å². The molecule has 0 unspecified atom stereocenters. The second-order valence-corrected chi connectivity index (χ2v) is 6.34. The molecule has 0 spiro atoms. The molecule has 3 aromatic heterocycles. The Balaban J connectivity index is 1.89. The van der Waals surface area contributed by atoms with Crippen molar-refractivity contribution >= 4 is 23.1 Å². The van der Waals surface area contributed by atoms with E-state index in [1.54, 1.807) is 17.5 Å². The number of hydrogen-bond acceptors (Lipinski definition) is 4. The van der Waals surface area contributed by atoms with Crippen molar-refractivity contribution in [2.45, 2.75) is 26.7 Å². The first-order valence-corrected chi connectivity index (χ1v) is 8.36. The average molecular weight is 326 g/mol. The summed E-state index contributed by atoms with van der Waals surface area (Å²) >= 11 is 1.55. The van der Waals surface area contributed by atoms with E-state index in [2.05, 4.69) is 22.2 Å². The predicted molar refractivity (Wildman–Crippen MR) is 92.4 cm³/mol. The van der Waals surface area contributed by atoms with Gasteiger partial charge in [0.25, 0.3) is 5.91 Å². The zero-order valence-corrected chi connectivity index (χ0v) is 13.9. The predicted octanol–water partition coefficient (Wildman–Crippen LogP) is 3.84. The van der Waals surface area contributed by atoms with Gasteiger partial charge in [-0.3, -0.25) is 4.79 Å². The summed E-state index contributed by atoms with van der Waals surface area (Å²) in [5.41, 5.74) is 1.54. The van der Waals surface area contributed by atoms with Crippen molar-refractivity contribution in [3.63, 3.8) is 0 Å². The zero-order chi connectivity index (χ0) is 16.2. The Morgan fingerprint density at radius 2 is 2.13 bits per heavy atom. The number of nitrogens with zero attached hydrogens (tertiary/aromatic N) is 3. The molecule has 0 aliphatic heterocycles. The van der Waals surface area contributed by atoms with E-state index in [9.17, 15) is 4.79 Å². The van der Waals surface area contributed by atoms with E-state index < -0.39 is 0 Å². The van der Waals surface area contributed by atoms with Gasteiger partial charge in [0.05, 0.1) is 0 Å². The second kappa shape index (κ2) is 6.75. The van der Waals surface area contributed by atoms with Gasteiger partial charge in [-0.25, -0.2) is 9.97 Å². The fraction of sp³-hybridized carbons (Fsp3) is 0.235. The minimum Gasteiger partial charge on any atom is -0.305 e. The van der Waals surface area contributed by atoms with Crippen LogP contribution in [0.3, 0.4) is 0 Å². The third-order valence-electron chi connectivity index (χ3n) is 3.36. The highest BCUT2D eigenvalue weighted by molar-refractivity contribution is 7.14. The molecule has 1 amide bonds. The van der Waals surface area contributed by atoms with Crippen molar-refractivity contribution in [2.24, 2.45) is 0 Å². The number of anilines is 1. The molecule has 3 rings (SSSR count). The van der Waals surface area contributed by atoms with Crippen LogP contribution in [0.2, 0.25) is 0 Å². The summed E-state index contributed by atoms with van der Waals surface area (Å²) in [7, 11) is 0. The Morgan fingerprint density at radius 1 is 1.35 bits per heavy atom. The summed E-state index contributed by atoms with van der Waals surface area (Å²) in [5, 5.41) is 3.65. The lowest BCUT2D eigenvalue weighted by atomic mass is 10.2. The van der Waals surface area contributed by atoms with Crippen LogP contribution in [-0.4, -0.2) is 20.4 Å². The van der Waals surface area contributed by atoms with Gasteiger partial charge in [0.1, 0.15) is 11.5 Å². The van der Waals surface area contributed by atoms with Crippen LogP contribution in [-0.2, 0) is 6.42 Å². The van der Waals surface area contributed by atoms with Gasteiger partial charge < -0.3 is 9.88 Å². The molecule has 0 aromatic carbocycles. The monoisotopic (exact) mass is 326 g/mol. The molecule has 23 heavy (non-hydrogen) atoms. The van der Waals surface area contributed by atoms with Gasteiger partial charge in [0.15, 0.2) is 5.13 Å². The first-order valence-electron chi connectivity index (χ1n) is 7.54. The molecule has 118 valence electrons. The van der Waals surface area contributed by atoms with Gasteiger partial charge in [-0.15, -0.1) is 11.3 Å². The number of carbonyl (C=O) groups is 1. The number of hydrogen-bond donors (Lipinski definition) is 1. The number of thiazole rings is 1. The van der Waals surface area contributed by atoms with E-state index >= 15 is 0 Å². The van der Waals surface area contributed by atoms with Gasteiger partial charge in [0, 0.05) is 23.5 Å². The van der Waals surface area contributed by atoms with E-state index in [0.29, 0.717) is 11.5 Å². The lowest BCUT2D eigenvalue weighted by Gasteiger charge is -2.04. The van der Waals surface area contributed by atoms with Crippen molar-refractivity contribution < 1.29 is 4.79 Å². The molecule has 0 radical (unpaired) electrons. The third kappa shape index (κ3) is 3.48. The molecular formula is C17H18N4OS. The molecule has 5 nitrogen and oxygen atoms in total. The molecule has 1 N–H and O–H groups in total. The largest absolute Gasteiger partial charge is 0.305 e. The maximum atomic E-state index is 12.6. The SMILES string of the molecule is CCCc1sc(-n2cccc2)nc1C(=O)Nc1cc(C)ccn1. The van der Waals surface area contributed by atoms with Crippen LogP contribution in [0, 0.1) is 6.92 Å². The standard InChI is InChI=1S/C17H18N4OS/c1-3-6-13-15(20-17(23-13)21-9-4-5-10-21)16(22)19-14-11-12(2)7-8-18-14/h4-5,7-11H,3,6H2,1-2H3,(H,18,19,22). The van der Waals surface area contributed by atoms with Crippen molar-refractivity contribution in [1.82, 2.24) is 14.5 Å². The van der Waals surface area contributed by atoms with Crippen LogP contribution in [0.25, 0.3) is 5.13 Å². The third-order valence-corrected chi connectivity index (χ3v) is 4.49. The minimum absolute atomic E-state index is 0.207. The molecule has 0 aliphatic rings. The summed E-state index contributed by atoms with van der Waals surface area (Å²) in [5.74, 6) is 0.342. The van der Waals surface area contributed by atoms with Gasteiger partial charge in [-0.1, -0.05) is 13.3 Å². The quantitative estimate of drug-likeness (QED) is 0.775. The molecule has 0 saturated carbocycles. The molecule has 0 aliphatic carbocycles. The number of aromatic nitrogens is 3. The van der Waals surface area contributed by atoms with Crippen LogP contribution >= 0.6 is 11.3 Å². The molecule has 0 saturated heterocycles. The van der Waals surface area contributed by atoms with E-state index in [-0.39, 0.29) is 5.91 Å². The van der Waals surface area contributed by atoms with Crippen molar-refractivity contribution in [1.29, 1.82) is 0 Å². The first kappa shape index (κ1) is 15.4. The number of rotatable bonds is 5. The zero-order valence-electron chi connectivity index (χ0n) is 13.1. The molecule has 3 aromatic rings. The van der Waals surface area contributed by atoms with Crippen LogP contribution in [0.1, 0.15) is 34.3 Å². The maximum absolute atomic E-state index is 12.6. The fourth-order valence-electron chi connectivity index (χ4n) is 2.27. The fourth-order valence-corrected chi connectivity index (χ4v) is 3.39. The van der Waals surface area contributed by atoms with Gasteiger partial charge in [0.2, 0.25) is 0 Å².